The van der Waals surface area contributed by atoms with Crippen molar-refractivity contribution in [2.45, 2.75) is 25.8 Å². The molecule has 0 saturated heterocycles. The minimum absolute atomic E-state index is 0.0473. The zero-order valence-electron chi connectivity index (χ0n) is 11.5. The minimum Gasteiger partial charge on any atom is -0.384 e. The van der Waals surface area contributed by atoms with Gasteiger partial charge in [0.15, 0.2) is 0 Å². The monoisotopic (exact) mass is 287 g/mol. The minimum atomic E-state index is -0.116. The fraction of sp³-hybridized carbons (Fsp3) is 0.333. The van der Waals surface area contributed by atoms with Crippen LogP contribution in [0.3, 0.4) is 0 Å². The first-order valence-corrected chi connectivity index (χ1v) is 7.52. The smallest absolute Gasteiger partial charge is 0.229 e. The molecule has 1 amide bonds. The number of aromatic nitrogens is 1. The molecule has 4 nitrogen and oxygen atoms in total. The molecule has 0 spiro atoms. The summed E-state index contributed by atoms with van der Waals surface area (Å²) in [6, 6.07) is 7.93. The lowest BCUT2D eigenvalue weighted by atomic mass is 10.0. The summed E-state index contributed by atoms with van der Waals surface area (Å²) in [5, 5.41) is 7.29. The molecule has 2 unspecified atom stereocenters. The Morgan fingerprint density at radius 1 is 1.50 bits per heavy atom. The van der Waals surface area contributed by atoms with Crippen molar-refractivity contribution in [2.24, 2.45) is 0 Å². The van der Waals surface area contributed by atoms with Gasteiger partial charge in [0.1, 0.15) is 5.01 Å². The molecular formula is C15H17N3OS. The van der Waals surface area contributed by atoms with Crippen LogP contribution in [-0.2, 0) is 4.79 Å². The van der Waals surface area contributed by atoms with E-state index in [-0.39, 0.29) is 17.9 Å². The Labute approximate surface area is 122 Å². The van der Waals surface area contributed by atoms with Crippen molar-refractivity contribution in [3.05, 3.63) is 45.9 Å². The van der Waals surface area contributed by atoms with Gasteiger partial charge < -0.3 is 10.6 Å². The van der Waals surface area contributed by atoms with Crippen molar-refractivity contribution < 1.29 is 4.79 Å². The highest BCUT2D eigenvalue weighted by Gasteiger charge is 2.29. The number of amides is 1. The lowest BCUT2D eigenvalue weighted by molar-refractivity contribution is -0.122. The van der Waals surface area contributed by atoms with Gasteiger partial charge in [-0.2, -0.15) is 0 Å². The van der Waals surface area contributed by atoms with Crippen molar-refractivity contribution >= 4 is 22.9 Å². The molecule has 3 rings (SSSR count). The molecule has 20 heavy (non-hydrogen) atoms. The summed E-state index contributed by atoms with van der Waals surface area (Å²) in [4.78, 5) is 17.9. The third-order valence-corrected chi connectivity index (χ3v) is 4.61. The maximum atomic E-state index is 12.4. The van der Waals surface area contributed by atoms with Crippen LogP contribution in [0.15, 0.2) is 30.5 Å². The third-order valence-electron chi connectivity index (χ3n) is 3.52. The zero-order valence-corrected chi connectivity index (χ0v) is 12.3. The van der Waals surface area contributed by atoms with Crippen LogP contribution in [0.4, 0.5) is 5.69 Å². The molecular weight excluding hydrogens is 270 g/mol. The number of nitrogens with zero attached hydrogens (tertiary/aromatic N) is 1. The number of carbonyl (C=O) groups is 1. The third kappa shape index (κ3) is 2.41. The lowest BCUT2D eigenvalue weighted by Crippen LogP contribution is -2.32. The van der Waals surface area contributed by atoms with Gasteiger partial charge >= 0.3 is 0 Å². The Hall–Kier alpha value is -1.88. The van der Waals surface area contributed by atoms with Gasteiger partial charge in [-0.25, -0.2) is 4.98 Å². The van der Waals surface area contributed by atoms with Crippen LogP contribution >= 0.6 is 11.3 Å². The van der Waals surface area contributed by atoms with Crippen LogP contribution in [0, 0.1) is 6.92 Å². The highest BCUT2D eigenvalue weighted by molar-refractivity contribution is 7.11. The number of carbonyl (C=O) groups excluding carboxylic acids is 1. The van der Waals surface area contributed by atoms with Crippen LogP contribution in [0.2, 0.25) is 0 Å². The summed E-state index contributed by atoms with van der Waals surface area (Å²) in [7, 11) is 0. The van der Waals surface area contributed by atoms with Crippen molar-refractivity contribution in [1.82, 2.24) is 10.3 Å². The van der Waals surface area contributed by atoms with Gasteiger partial charge in [-0.05, 0) is 25.5 Å². The molecule has 1 aliphatic rings. The Kier molecular flexibility index (Phi) is 3.44. The Bertz CT molecular complexity index is 638. The lowest BCUT2D eigenvalue weighted by Gasteiger charge is -2.15. The fourth-order valence-corrected chi connectivity index (χ4v) is 3.24. The van der Waals surface area contributed by atoms with Crippen molar-refractivity contribution in [2.75, 3.05) is 11.9 Å². The van der Waals surface area contributed by atoms with E-state index in [4.69, 9.17) is 0 Å². The van der Waals surface area contributed by atoms with Crippen LogP contribution in [0.25, 0.3) is 0 Å². The molecule has 0 saturated carbocycles. The van der Waals surface area contributed by atoms with Crippen molar-refractivity contribution in [3.8, 4) is 0 Å². The van der Waals surface area contributed by atoms with Crippen LogP contribution in [0.5, 0.6) is 0 Å². The van der Waals surface area contributed by atoms with E-state index in [1.807, 2.05) is 44.3 Å². The van der Waals surface area contributed by atoms with E-state index in [9.17, 15) is 4.79 Å². The maximum absolute atomic E-state index is 12.4. The van der Waals surface area contributed by atoms with E-state index in [0.717, 1.165) is 21.1 Å². The van der Waals surface area contributed by atoms with E-state index < -0.39 is 0 Å². The number of hydrogen-bond donors (Lipinski definition) is 2. The van der Waals surface area contributed by atoms with Gasteiger partial charge in [0.05, 0.1) is 12.0 Å². The molecule has 0 radical (unpaired) electrons. The van der Waals surface area contributed by atoms with Crippen molar-refractivity contribution in [3.63, 3.8) is 0 Å². The van der Waals surface area contributed by atoms with Crippen LogP contribution < -0.4 is 10.6 Å². The fourth-order valence-electron chi connectivity index (χ4n) is 2.47. The van der Waals surface area contributed by atoms with Gasteiger partial charge in [-0.1, -0.05) is 18.2 Å². The number of hydrogen-bond acceptors (Lipinski definition) is 4. The number of benzene rings is 1. The molecule has 1 aromatic heterocycles. The van der Waals surface area contributed by atoms with E-state index in [1.54, 1.807) is 11.3 Å². The number of aryl methyl sites for hydroxylation is 1. The van der Waals surface area contributed by atoms with Crippen LogP contribution in [0.1, 0.15) is 34.3 Å². The van der Waals surface area contributed by atoms with Gasteiger partial charge in [-0.3, -0.25) is 4.79 Å². The Balaban J connectivity index is 1.72. The first kappa shape index (κ1) is 13.1. The van der Waals surface area contributed by atoms with E-state index in [1.165, 1.54) is 0 Å². The first-order chi connectivity index (χ1) is 9.65. The van der Waals surface area contributed by atoms with E-state index >= 15 is 0 Å². The molecule has 2 atom stereocenters. The predicted octanol–water partition coefficient (Wildman–Crippen LogP) is 2.84. The average Bonchev–Trinajstić information content (AvgIpc) is 3.04. The number of fused-ring (bicyclic) bond motifs is 1. The second-order valence-electron chi connectivity index (χ2n) is 5.06. The van der Waals surface area contributed by atoms with E-state index in [2.05, 4.69) is 15.6 Å². The summed E-state index contributed by atoms with van der Waals surface area (Å²) in [6.45, 7) is 4.66. The summed E-state index contributed by atoms with van der Waals surface area (Å²) in [5.74, 6) is -0.0579. The van der Waals surface area contributed by atoms with Crippen molar-refractivity contribution in [1.29, 1.82) is 0 Å². The number of para-hydroxylation sites is 1. The van der Waals surface area contributed by atoms with Crippen LogP contribution in [-0.4, -0.2) is 17.4 Å². The Morgan fingerprint density at radius 3 is 3.05 bits per heavy atom. The number of nitrogens with one attached hydrogen (secondary N) is 2. The molecule has 0 bridgehead atoms. The summed E-state index contributed by atoms with van der Waals surface area (Å²) in [5.41, 5.74) is 2.14. The predicted molar refractivity (Wildman–Crippen MR) is 81.1 cm³/mol. The maximum Gasteiger partial charge on any atom is 0.229 e. The van der Waals surface area contributed by atoms with Gasteiger partial charge in [0.25, 0.3) is 0 Å². The molecule has 104 valence electrons. The standard InChI is InChI=1S/C15H17N3OS/c1-9-7-17-15(20-9)10(2)18-14(19)12-8-16-13-6-4-3-5-11(12)13/h3-7,10,12,16H,8H2,1-2H3,(H,18,19). The van der Waals surface area contributed by atoms with E-state index in [0.29, 0.717) is 6.54 Å². The molecule has 5 heteroatoms. The Morgan fingerprint density at radius 2 is 2.30 bits per heavy atom. The van der Waals surface area contributed by atoms with Gasteiger partial charge in [0.2, 0.25) is 5.91 Å². The normalized spacial score (nSPS) is 18.2. The topological polar surface area (TPSA) is 54.0 Å². The SMILES string of the molecule is Cc1cnc(C(C)NC(=O)C2CNc3ccccc32)s1. The summed E-state index contributed by atoms with van der Waals surface area (Å²) >= 11 is 1.62. The summed E-state index contributed by atoms with van der Waals surface area (Å²) in [6.07, 6.45) is 1.84. The quantitative estimate of drug-likeness (QED) is 0.912. The number of anilines is 1. The largest absolute Gasteiger partial charge is 0.384 e. The average molecular weight is 287 g/mol. The molecule has 1 aliphatic heterocycles. The zero-order chi connectivity index (χ0) is 14.1. The second kappa shape index (κ2) is 5.25. The first-order valence-electron chi connectivity index (χ1n) is 6.70. The summed E-state index contributed by atoms with van der Waals surface area (Å²) < 4.78 is 0. The number of thiazole rings is 1. The molecule has 2 heterocycles. The number of rotatable bonds is 3. The highest BCUT2D eigenvalue weighted by atomic mass is 32.1. The molecule has 2 N–H and O–H groups in total. The molecule has 2 aromatic rings. The second-order valence-corrected chi connectivity index (χ2v) is 6.33. The van der Waals surface area contributed by atoms with Gasteiger partial charge in [0, 0.05) is 23.3 Å². The molecule has 1 aromatic carbocycles. The molecule has 0 fully saturated rings. The molecule has 0 aliphatic carbocycles. The van der Waals surface area contributed by atoms with Gasteiger partial charge in [-0.15, -0.1) is 11.3 Å². The highest BCUT2D eigenvalue weighted by Crippen LogP contribution is 2.31.